The Bertz CT molecular complexity index is 2030. The number of carbonyl (C=O) groups is 5. The highest BCUT2D eigenvalue weighted by atomic mass is 16.7. The summed E-state index contributed by atoms with van der Waals surface area (Å²) >= 11 is 0. The summed E-state index contributed by atoms with van der Waals surface area (Å²) in [7, 11) is 0. The summed E-state index contributed by atoms with van der Waals surface area (Å²) in [6.07, 6.45) is -1.51. The van der Waals surface area contributed by atoms with Gasteiger partial charge in [0.15, 0.2) is 0 Å². The van der Waals surface area contributed by atoms with E-state index in [-0.39, 0.29) is 49.2 Å². The number of nitrogens with two attached hydrogens (primary N) is 2. The van der Waals surface area contributed by atoms with Crippen molar-refractivity contribution in [1.82, 2.24) is 10.6 Å². The lowest BCUT2D eigenvalue weighted by atomic mass is 9.98. The summed E-state index contributed by atoms with van der Waals surface area (Å²) in [5.74, 6) is -2.09. The lowest BCUT2D eigenvalue weighted by Gasteiger charge is -2.28. The molecule has 2 atom stereocenters. The second-order valence-corrected chi connectivity index (χ2v) is 13.3. The topological polar surface area (TPSA) is 236 Å². The second kappa shape index (κ2) is 18.5. The molecule has 0 aliphatic heterocycles. The lowest BCUT2D eigenvalue weighted by Crippen LogP contribution is -2.57. The highest BCUT2D eigenvalue weighted by Crippen LogP contribution is 2.44. The molecular formula is C40H42N6O10. The Hall–Kier alpha value is -6.81. The van der Waals surface area contributed by atoms with Crippen LogP contribution in [-0.4, -0.2) is 60.3 Å². The molecule has 4 aromatic carbocycles. The van der Waals surface area contributed by atoms with Crippen LogP contribution in [0.2, 0.25) is 0 Å². The number of primary amides is 1. The van der Waals surface area contributed by atoms with Crippen LogP contribution in [0.1, 0.15) is 49.3 Å². The summed E-state index contributed by atoms with van der Waals surface area (Å²) in [4.78, 5) is 76.4. The normalized spacial score (nSPS) is 12.7. The summed E-state index contributed by atoms with van der Waals surface area (Å²) in [6, 6.07) is 22.9. The van der Waals surface area contributed by atoms with E-state index in [1.165, 1.54) is 48.5 Å². The molecule has 0 saturated heterocycles. The van der Waals surface area contributed by atoms with Crippen molar-refractivity contribution in [3.63, 3.8) is 0 Å². The monoisotopic (exact) mass is 766 g/mol. The van der Waals surface area contributed by atoms with Crippen molar-refractivity contribution >= 4 is 41.5 Å². The Morgan fingerprint density at radius 2 is 1.45 bits per heavy atom. The number of benzene rings is 4. The fourth-order valence-corrected chi connectivity index (χ4v) is 6.31. The summed E-state index contributed by atoms with van der Waals surface area (Å²) in [5.41, 5.74) is 15.9. The number of amides is 5. The third-order valence-electron chi connectivity index (χ3n) is 9.12. The van der Waals surface area contributed by atoms with Gasteiger partial charge in [0.1, 0.15) is 31.0 Å². The Kier molecular flexibility index (Phi) is 13.3. The van der Waals surface area contributed by atoms with Crippen LogP contribution in [-0.2, 0) is 25.7 Å². The van der Waals surface area contributed by atoms with Gasteiger partial charge in [-0.05, 0) is 77.4 Å². The molecule has 5 amide bonds. The second-order valence-electron chi connectivity index (χ2n) is 13.3. The van der Waals surface area contributed by atoms with Gasteiger partial charge in [-0.15, -0.1) is 0 Å². The van der Waals surface area contributed by atoms with Crippen LogP contribution in [0.3, 0.4) is 0 Å². The fourth-order valence-electron chi connectivity index (χ4n) is 6.31. The Balaban J connectivity index is 1.20. The summed E-state index contributed by atoms with van der Waals surface area (Å²) in [5, 5.41) is 16.1. The summed E-state index contributed by atoms with van der Waals surface area (Å²) < 4.78 is 15.8. The third kappa shape index (κ3) is 9.83. The maximum absolute atomic E-state index is 13.9. The molecule has 0 aromatic heterocycles. The fraction of sp³-hybridized carbons (Fsp3) is 0.275. The van der Waals surface area contributed by atoms with Crippen molar-refractivity contribution in [3.8, 4) is 16.9 Å². The molecule has 0 spiro atoms. The van der Waals surface area contributed by atoms with E-state index < -0.39 is 53.0 Å². The standard InChI is InChI=1S/C40H42N6O10/c1-24(2)35(44-39(50)54-23-33-31-10-5-3-8-29(31)30-9-4-6-11-32(30)33)36(47)43-34(12-7-21-41)37(48)45(38(42)49)26-15-13-25(14-16-26)22-55-40(51)56-28-19-17-27(18-20-28)46(52)53/h3-6,8-11,13-20,24,33-35H,7,12,21-23,41H2,1-2H3,(H2,42,49)(H,43,47)(H,44,50)/t34-,35-/m0/s1. The minimum Gasteiger partial charge on any atom is -0.449 e. The maximum atomic E-state index is 13.9. The third-order valence-corrected chi connectivity index (χ3v) is 9.12. The highest BCUT2D eigenvalue weighted by Gasteiger charge is 2.34. The molecule has 16 heteroatoms. The molecule has 4 aromatic rings. The van der Waals surface area contributed by atoms with E-state index in [0.717, 1.165) is 22.3 Å². The molecule has 0 heterocycles. The average molecular weight is 767 g/mol. The number of imide groups is 1. The van der Waals surface area contributed by atoms with Crippen molar-refractivity contribution < 1.29 is 43.1 Å². The number of hydrogen-bond acceptors (Lipinski definition) is 11. The van der Waals surface area contributed by atoms with Crippen LogP contribution in [0, 0.1) is 16.0 Å². The number of nitro groups is 1. The molecule has 1 aliphatic carbocycles. The number of carbonyl (C=O) groups excluding carboxylic acids is 5. The zero-order valence-electron chi connectivity index (χ0n) is 30.7. The molecule has 0 unspecified atom stereocenters. The van der Waals surface area contributed by atoms with Gasteiger partial charge in [0, 0.05) is 18.1 Å². The van der Waals surface area contributed by atoms with Crippen molar-refractivity contribution in [2.75, 3.05) is 18.1 Å². The van der Waals surface area contributed by atoms with Gasteiger partial charge in [0.2, 0.25) is 5.91 Å². The van der Waals surface area contributed by atoms with Crippen molar-refractivity contribution in [1.29, 1.82) is 0 Å². The van der Waals surface area contributed by atoms with Gasteiger partial charge in [-0.25, -0.2) is 19.3 Å². The quantitative estimate of drug-likeness (QED) is 0.0510. The van der Waals surface area contributed by atoms with E-state index in [9.17, 15) is 34.1 Å². The summed E-state index contributed by atoms with van der Waals surface area (Å²) in [6.45, 7) is 3.42. The first-order valence-corrected chi connectivity index (χ1v) is 17.8. The molecule has 1 aliphatic rings. The van der Waals surface area contributed by atoms with Crippen molar-refractivity contribution in [2.45, 2.75) is 51.3 Å². The van der Waals surface area contributed by atoms with Crippen molar-refractivity contribution in [2.24, 2.45) is 17.4 Å². The minimum absolute atomic E-state index is 0.0364. The van der Waals surface area contributed by atoms with E-state index in [1.54, 1.807) is 13.8 Å². The number of non-ortho nitro benzene ring substituents is 1. The van der Waals surface area contributed by atoms with E-state index in [1.807, 2.05) is 48.5 Å². The van der Waals surface area contributed by atoms with E-state index in [4.69, 9.17) is 25.7 Å². The first-order chi connectivity index (χ1) is 26.9. The van der Waals surface area contributed by atoms with Gasteiger partial charge in [0.25, 0.3) is 11.6 Å². The number of urea groups is 1. The predicted molar refractivity (Wildman–Crippen MR) is 204 cm³/mol. The number of nitrogens with zero attached hydrogens (tertiary/aromatic N) is 2. The van der Waals surface area contributed by atoms with Crippen LogP contribution in [0.25, 0.3) is 11.1 Å². The van der Waals surface area contributed by atoms with Gasteiger partial charge in [-0.1, -0.05) is 74.5 Å². The number of fused-ring (bicyclic) bond motifs is 3. The Morgan fingerprint density at radius 1 is 0.839 bits per heavy atom. The molecule has 16 nitrogen and oxygen atoms in total. The van der Waals surface area contributed by atoms with Gasteiger partial charge in [-0.3, -0.25) is 19.7 Å². The molecule has 0 bridgehead atoms. The highest BCUT2D eigenvalue weighted by molar-refractivity contribution is 6.16. The number of rotatable bonds is 15. The van der Waals surface area contributed by atoms with E-state index in [0.29, 0.717) is 16.9 Å². The smallest absolute Gasteiger partial charge is 0.449 e. The number of hydrogen-bond donors (Lipinski definition) is 4. The largest absolute Gasteiger partial charge is 0.514 e. The molecular weight excluding hydrogens is 724 g/mol. The molecule has 0 fully saturated rings. The van der Waals surface area contributed by atoms with E-state index >= 15 is 0 Å². The van der Waals surface area contributed by atoms with Gasteiger partial charge >= 0.3 is 18.3 Å². The van der Waals surface area contributed by atoms with Crippen LogP contribution >= 0.6 is 0 Å². The first-order valence-electron chi connectivity index (χ1n) is 17.8. The zero-order valence-corrected chi connectivity index (χ0v) is 30.7. The van der Waals surface area contributed by atoms with Crippen LogP contribution in [0.15, 0.2) is 97.1 Å². The lowest BCUT2D eigenvalue weighted by molar-refractivity contribution is -0.384. The number of alkyl carbamates (subject to hydrolysis) is 1. The average Bonchev–Trinajstić information content (AvgIpc) is 3.50. The maximum Gasteiger partial charge on any atom is 0.514 e. The SMILES string of the molecule is CC(C)[C@H](NC(=O)OCC1c2ccccc2-c2ccccc21)C(=O)N[C@@H](CCCN)C(=O)N(C(N)=O)c1ccc(COC(=O)Oc2ccc([N+](=O)[O-])cc2)cc1. The number of anilines is 1. The van der Waals surface area contributed by atoms with Crippen LogP contribution in [0.5, 0.6) is 5.75 Å². The van der Waals surface area contributed by atoms with Crippen LogP contribution < -0.4 is 31.7 Å². The zero-order chi connectivity index (χ0) is 40.4. The van der Waals surface area contributed by atoms with Gasteiger partial charge in [-0.2, -0.15) is 0 Å². The number of nitrogens with one attached hydrogen (secondary N) is 2. The molecule has 5 rings (SSSR count). The molecule has 0 radical (unpaired) electrons. The molecule has 56 heavy (non-hydrogen) atoms. The molecule has 0 saturated carbocycles. The number of nitro benzene ring substituents is 1. The molecule has 292 valence electrons. The minimum atomic E-state index is -1.25. The van der Waals surface area contributed by atoms with E-state index in [2.05, 4.69) is 10.6 Å². The predicted octanol–water partition coefficient (Wildman–Crippen LogP) is 5.51. The number of ether oxygens (including phenoxy) is 3. The Labute approximate surface area is 322 Å². The van der Waals surface area contributed by atoms with Crippen LogP contribution in [0.4, 0.5) is 25.8 Å². The van der Waals surface area contributed by atoms with Gasteiger partial charge < -0.3 is 36.3 Å². The first kappa shape index (κ1) is 40.4. The van der Waals surface area contributed by atoms with Gasteiger partial charge in [0.05, 0.1) is 10.6 Å². The Morgan fingerprint density at radius 3 is 2.00 bits per heavy atom. The van der Waals surface area contributed by atoms with Crippen molar-refractivity contribution in [3.05, 3.63) is 124 Å². The molecule has 6 N–H and O–H groups in total.